The molecule has 4 nitrogen and oxygen atoms in total. The van der Waals surface area contributed by atoms with Crippen molar-refractivity contribution >= 4 is 22.6 Å². The number of nitrogens with zero attached hydrogens (tertiary/aromatic N) is 1. The molecule has 3 rings (SSSR count). The van der Waals surface area contributed by atoms with Gasteiger partial charge in [0.05, 0.1) is 13.2 Å². The number of cyclic esters (lactones) is 1. The Bertz CT molecular complexity index is 611. The topological polar surface area (TPSA) is 38.8 Å². The highest BCUT2D eigenvalue weighted by Crippen LogP contribution is 2.25. The first-order valence-corrected chi connectivity index (χ1v) is 6.24. The first-order chi connectivity index (χ1) is 9.28. The lowest BCUT2D eigenvalue weighted by Gasteiger charge is -2.13. The van der Waals surface area contributed by atoms with Crippen LogP contribution < -0.4 is 4.90 Å². The van der Waals surface area contributed by atoms with Crippen LogP contribution >= 0.6 is 0 Å². The van der Waals surface area contributed by atoms with E-state index in [4.69, 9.17) is 9.47 Å². The molecular formula is C15H15NO3. The SMILES string of the molecule is COCC1CN(c2ccc3ccccc3c2)C(=O)O1. The second-order valence-electron chi connectivity index (χ2n) is 4.60. The molecule has 2 aromatic carbocycles. The average Bonchev–Trinajstić information content (AvgIpc) is 2.79. The van der Waals surface area contributed by atoms with Crippen LogP contribution in [0.1, 0.15) is 0 Å². The highest BCUT2D eigenvalue weighted by Gasteiger charge is 2.32. The number of hydrogen-bond acceptors (Lipinski definition) is 3. The summed E-state index contributed by atoms with van der Waals surface area (Å²) in [6.07, 6.45) is -0.499. The van der Waals surface area contributed by atoms with E-state index in [0.29, 0.717) is 13.2 Å². The van der Waals surface area contributed by atoms with E-state index in [0.717, 1.165) is 16.5 Å². The minimum atomic E-state index is -0.308. The van der Waals surface area contributed by atoms with Crippen LogP contribution in [0.3, 0.4) is 0 Å². The molecule has 1 amide bonds. The molecule has 0 aromatic heterocycles. The van der Waals surface area contributed by atoms with Crippen LogP contribution in [0.2, 0.25) is 0 Å². The molecule has 1 aliphatic heterocycles. The zero-order valence-electron chi connectivity index (χ0n) is 10.7. The molecule has 19 heavy (non-hydrogen) atoms. The molecule has 0 radical (unpaired) electrons. The van der Waals surface area contributed by atoms with Gasteiger partial charge >= 0.3 is 6.09 Å². The van der Waals surface area contributed by atoms with Crippen molar-refractivity contribution in [2.45, 2.75) is 6.10 Å². The maximum absolute atomic E-state index is 11.8. The number of carbonyl (C=O) groups is 1. The van der Waals surface area contributed by atoms with Crippen molar-refractivity contribution in [3.63, 3.8) is 0 Å². The molecular weight excluding hydrogens is 242 g/mol. The number of amides is 1. The normalized spacial score (nSPS) is 18.9. The fourth-order valence-electron chi connectivity index (χ4n) is 2.35. The lowest BCUT2D eigenvalue weighted by molar-refractivity contribution is 0.0718. The van der Waals surface area contributed by atoms with Gasteiger partial charge in [-0.15, -0.1) is 0 Å². The summed E-state index contributed by atoms with van der Waals surface area (Å²) in [4.78, 5) is 13.5. The molecule has 0 saturated carbocycles. The Morgan fingerprint density at radius 2 is 2.05 bits per heavy atom. The summed E-state index contributed by atoms with van der Waals surface area (Å²) >= 11 is 0. The van der Waals surface area contributed by atoms with Crippen LogP contribution in [-0.4, -0.2) is 32.5 Å². The number of anilines is 1. The molecule has 1 saturated heterocycles. The summed E-state index contributed by atoms with van der Waals surface area (Å²) in [5.74, 6) is 0. The van der Waals surface area contributed by atoms with E-state index >= 15 is 0 Å². The van der Waals surface area contributed by atoms with Gasteiger partial charge in [0.2, 0.25) is 0 Å². The number of hydrogen-bond donors (Lipinski definition) is 0. The summed E-state index contributed by atoms with van der Waals surface area (Å²) in [7, 11) is 1.60. The standard InChI is InChI=1S/C15H15NO3/c1-18-10-14-9-16(15(17)19-14)13-7-6-11-4-2-3-5-12(11)8-13/h2-8,14H,9-10H2,1H3. The Labute approximate surface area is 111 Å². The molecule has 98 valence electrons. The third-order valence-corrected chi connectivity index (χ3v) is 3.27. The molecule has 2 aromatic rings. The zero-order chi connectivity index (χ0) is 13.2. The predicted molar refractivity (Wildman–Crippen MR) is 73.4 cm³/mol. The molecule has 1 unspecified atom stereocenters. The van der Waals surface area contributed by atoms with E-state index in [1.54, 1.807) is 12.0 Å². The Morgan fingerprint density at radius 1 is 1.26 bits per heavy atom. The molecule has 1 heterocycles. The Morgan fingerprint density at radius 3 is 2.84 bits per heavy atom. The molecule has 0 spiro atoms. The van der Waals surface area contributed by atoms with Crippen LogP contribution in [-0.2, 0) is 9.47 Å². The van der Waals surface area contributed by atoms with E-state index in [-0.39, 0.29) is 12.2 Å². The molecule has 1 fully saturated rings. The van der Waals surface area contributed by atoms with Crippen molar-refractivity contribution < 1.29 is 14.3 Å². The largest absolute Gasteiger partial charge is 0.441 e. The molecule has 4 heteroatoms. The van der Waals surface area contributed by atoms with Gasteiger partial charge < -0.3 is 9.47 Å². The number of ether oxygens (including phenoxy) is 2. The minimum Gasteiger partial charge on any atom is -0.441 e. The third kappa shape index (κ3) is 2.27. The lowest BCUT2D eigenvalue weighted by Crippen LogP contribution is -2.25. The van der Waals surface area contributed by atoms with Crippen molar-refractivity contribution in [1.29, 1.82) is 0 Å². The van der Waals surface area contributed by atoms with Gasteiger partial charge in [0.15, 0.2) is 0 Å². The van der Waals surface area contributed by atoms with Gasteiger partial charge in [-0.1, -0.05) is 30.3 Å². The maximum Gasteiger partial charge on any atom is 0.414 e. The van der Waals surface area contributed by atoms with Crippen LogP contribution in [0.5, 0.6) is 0 Å². The van der Waals surface area contributed by atoms with E-state index in [1.807, 2.05) is 36.4 Å². The summed E-state index contributed by atoms with van der Waals surface area (Å²) in [5, 5.41) is 2.27. The Kier molecular flexibility index (Phi) is 3.09. The number of benzene rings is 2. The predicted octanol–water partition coefficient (Wildman–Crippen LogP) is 2.81. The number of carbonyl (C=O) groups excluding carboxylic acids is 1. The van der Waals surface area contributed by atoms with Gasteiger partial charge in [0.1, 0.15) is 6.10 Å². The van der Waals surface area contributed by atoms with Crippen molar-refractivity contribution in [3.8, 4) is 0 Å². The third-order valence-electron chi connectivity index (χ3n) is 3.27. The van der Waals surface area contributed by atoms with E-state index in [2.05, 4.69) is 6.07 Å². The fourth-order valence-corrected chi connectivity index (χ4v) is 2.35. The quantitative estimate of drug-likeness (QED) is 0.848. The van der Waals surface area contributed by atoms with Crippen LogP contribution in [0.4, 0.5) is 10.5 Å². The van der Waals surface area contributed by atoms with Crippen LogP contribution in [0, 0.1) is 0 Å². The number of rotatable bonds is 3. The zero-order valence-corrected chi connectivity index (χ0v) is 10.7. The Hall–Kier alpha value is -2.07. The van der Waals surface area contributed by atoms with Crippen molar-refractivity contribution in [1.82, 2.24) is 0 Å². The second-order valence-corrected chi connectivity index (χ2v) is 4.60. The first-order valence-electron chi connectivity index (χ1n) is 6.24. The average molecular weight is 257 g/mol. The minimum absolute atomic E-state index is 0.191. The van der Waals surface area contributed by atoms with Gasteiger partial charge in [0, 0.05) is 12.8 Å². The highest BCUT2D eigenvalue weighted by molar-refractivity contribution is 5.94. The second kappa shape index (κ2) is 4.90. The van der Waals surface area contributed by atoms with Gasteiger partial charge in [-0.3, -0.25) is 4.90 Å². The molecule has 0 bridgehead atoms. The van der Waals surface area contributed by atoms with Crippen molar-refractivity contribution in [3.05, 3.63) is 42.5 Å². The van der Waals surface area contributed by atoms with Gasteiger partial charge in [0.25, 0.3) is 0 Å². The van der Waals surface area contributed by atoms with E-state index < -0.39 is 0 Å². The van der Waals surface area contributed by atoms with E-state index in [1.165, 1.54) is 0 Å². The summed E-state index contributed by atoms with van der Waals surface area (Å²) in [6.45, 7) is 0.959. The van der Waals surface area contributed by atoms with Crippen LogP contribution in [0.15, 0.2) is 42.5 Å². The van der Waals surface area contributed by atoms with E-state index in [9.17, 15) is 4.79 Å². The first kappa shape index (κ1) is 12.0. The monoisotopic (exact) mass is 257 g/mol. The lowest BCUT2D eigenvalue weighted by atomic mass is 10.1. The molecule has 1 atom stereocenters. The number of fused-ring (bicyclic) bond motifs is 1. The Balaban J connectivity index is 1.90. The highest BCUT2D eigenvalue weighted by atomic mass is 16.6. The molecule has 0 N–H and O–H groups in total. The van der Waals surface area contributed by atoms with Crippen molar-refractivity contribution in [2.24, 2.45) is 0 Å². The molecule has 1 aliphatic rings. The smallest absolute Gasteiger partial charge is 0.414 e. The molecule has 0 aliphatic carbocycles. The fraction of sp³-hybridized carbons (Fsp3) is 0.267. The summed E-state index contributed by atoms with van der Waals surface area (Å²) in [6, 6.07) is 14.0. The summed E-state index contributed by atoms with van der Waals surface area (Å²) < 4.78 is 10.3. The van der Waals surface area contributed by atoms with Gasteiger partial charge in [-0.05, 0) is 22.9 Å². The maximum atomic E-state index is 11.8. The van der Waals surface area contributed by atoms with Gasteiger partial charge in [-0.25, -0.2) is 4.79 Å². The summed E-state index contributed by atoms with van der Waals surface area (Å²) in [5.41, 5.74) is 0.863. The van der Waals surface area contributed by atoms with Gasteiger partial charge in [-0.2, -0.15) is 0 Å². The van der Waals surface area contributed by atoms with Crippen molar-refractivity contribution in [2.75, 3.05) is 25.2 Å². The van der Waals surface area contributed by atoms with Crippen LogP contribution in [0.25, 0.3) is 10.8 Å². The number of methoxy groups -OCH3 is 1.